The number of amides is 1. The van der Waals surface area contributed by atoms with Crippen LogP contribution in [-0.4, -0.2) is 64.7 Å². The Morgan fingerprint density at radius 2 is 1.92 bits per heavy atom. The molecule has 37 heavy (non-hydrogen) atoms. The number of aromatic amines is 1. The molecule has 0 unspecified atom stereocenters. The summed E-state index contributed by atoms with van der Waals surface area (Å²) < 4.78 is 28.3. The zero-order valence-corrected chi connectivity index (χ0v) is 20.5. The van der Waals surface area contributed by atoms with E-state index in [0.29, 0.717) is 38.9 Å². The third kappa shape index (κ3) is 3.91. The summed E-state index contributed by atoms with van der Waals surface area (Å²) in [6, 6.07) is 8.65. The number of nitrogens with zero attached hydrogens (tertiary/aromatic N) is 5. The lowest BCUT2D eigenvalue weighted by Gasteiger charge is -2.33. The zero-order valence-electron chi connectivity index (χ0n) is 19.7. The number of carbonyl (C=O) groups is 1. The molecule has 0 saturated carbocycles. The number of benzene rings is 1. The van der Waals surface area contributed by atoms with Crippen LogP contribution in [0.25, 0.3) is 22.0 Å². The average Bonchev–Trinajstić information content (AvgIpc) is 3.37. The van der Waals surface area contributed by atoms with Gasteiger partial charge < -0.3 is 15.1 Å². The molecular formula is C26H22N6O4S. The number of aromatic nitrogens is 4. The molecule has 1 N–H and O–H groups in total. The van der Waals surface area contributed by atoms with Gasteiger partial charge in [-0.2, -0.15) is 4.31 Å². The maximum Gasteiger partial charge on any atom is 0.392 e. The number of terminal acetylenes is 1. The maximum atomic E-state index is 13.3. The summed E-state index contributed by atoms with van der Waals surface area (Å²) in [4.78, 5) is 26.2. The number of sulfonamides is 1. The lowest BCUT2D eigenvalue weighted by atomic mass is 9.91. The van der Waals surface area contributed by atoms with Crippen molar-refractivity contribution in [2.75, 3.05) is 26.2 Å². The van der Waals surface area contributed by atoms with Gasteiger partial charge in [0.2, 0.25) is 0 Å². The summed E-state index contributed by atoms with van der Waals surface area (Å²) in [6.07, 6.45) is 11.6. The van der Waals surface area contributed by atoms with E-state index in [0.717, 1.165) is 17.5 Å². The van der Waals surface area contributed by atoms with Gasteiger partial charge in [-0.15, -0.1) is 6.42 Å². The first kappa shape index (κ1) is 23.1. The highest BCUT2D eigenvalue weighted by Gasteiger charge is 2.35. The number of pyridine rings is 1. The van der Waals surface area contributed by atoms with Crippen molar-refractivity contribution in [3.05, 3.63) is 76.8 Å². The molecule has 0 spiro atoms. The summed E-state index contributed by atoms with van der Waals surface area (Å²) >= 11 is 0. The van der Waals surface area contributed by atoms with Gasteiger partial charge in [0, 0.05) is 61.5 Å². The van der Waals surface area contributed by atoms with Gasteiger partial charge in [0.25, 0.3) is 10.0 Å². The fourth-order valence-electron chi connectivity index (χ4n) is 4.94. The van der Waals surface area contributed by atoms with Crippen LogP contribution in [0.3, 0.4) is 0 Å². The van der Waals surface area contributed by atoms with E-state index in [4.69, 9.17) is 6.42 Å². The predicted octanol–water partition coefficient (Wildman–Crippen LogP) is 1.48. The van der Waals surface area contributed by atoms with Gasteiger partial charge in [-0.1, -0.05) is 5.92 Å². The molecule has 1 aliphatic carbocycles. The number of piperazine rings is 1. The molecule has 3 aromatic heterocycles. The van der Waals surface area contributed by atoms with E-state index in [-0.39, 0.29) is 37.0 Å². The number of hydrogen-bond donors (Lipinski definition) is 1. The number of H-pyrrole nitrogens is 1. The van der Waals surface area contributed by atoms with E-state index in [1.165, 1.54) is 15.4 Å². The van der Waals surface area contributed by atoms with Crippen LogP contribution in [0.4, 0.5) is 0 Å². The van der Waals surface area contributed by atoms with E-state index in [9.17, 15) is 18.4 Å². The van der Waals surface area contributed by atoms with Gasteiger partial charge >= 0.3 is 11.7 Å². The van der Waals surface area contributed by atoms with E-state index >= 15 is 0 Å². The number of nitrogens with one attached hydrogen (secondary N) is 1. The maximum absolute atomic E-state index is 13.3. The fraction of sp³-hybridized carbons (Fsp3) is 0.231. The Morgan fingerprint density at radius 3 is 2.70 bits per heavy atom. The van der Waals surface area contributed by atoms with E-state index < -0.39 is 15.9 Å². The van der Waals surface area contributed by atoms with Gasteiger partial charge in [-0.25, -0.2) is 13.1 Å². The first-order chi connectivity index (χ1) is 17.8. The van der Waals surface area contributed by atoms with E-state index in [1.807, 2.05) is 6.07 Å². The predicted molar refractivity (Wildman–Crippen MR) is 135 cm³/mol. The molecule has 4 heterocycles. The minimum Gasteiger partial charge on any atom is -0.710 e. The number of fused-ring (bicyclic) bond motifs is 4. The van der Waals surface area contributed by atoms with Crippen LogP contribution in [0.15, 0.2) is 53.9 Å². The van der Waals surface area contributed by atoms with Gasteiger partial charge in [0.1, 0.15) is 11.2 Å². The molecule has 1 saturated heterocycles. The molecule has 4 aromatic rings. The first-order valence-corrected chi connectivity index (χ1v) is 13.2. The molecule has 0 bridgehead atoms. The van der Waals surface area contributed by atoms with Gasteiger partial charge in [0.15, 0.2) is 5.69 Å². The van der Waals surface area contributed by atoms with Crippen molar-refractivity contribution in [2.45, 2.75) is 17.9 Å². The Labute approximate surface area is 213 Å². The Hall–Kier alpha value is -4.27. The summed E-state index contributed by atoms with van der Waals surface area (Å²) in [6.45, 7) is 0.492. The standard InChI is InChI=1S/C26H22N6O4S/c1-2-17-3-5-22-19(13-17)14-24(28-22)37(35,36)31-11-9-30(10-12-31)26(33)25-29-23-6-4-18-15-27-8-7-20(18)21(23)16-32(25)34/h1,3,5,7-8,13-16,28H,4,6,9-12H2. The van der Waals surface area contributed by atoms with Crippen LogP contribution in [0.2, 0.25) is 0 Å². The molecular weight excluding hydrogens is 492 g/mol. The quantitative estimate of drug-likeness (QED) is 0.251. The van der Waals surface area contributed by atoms with Crippen LogP contribution in [0, 0.1) is 17.6 Å². The fourth-order valence-corrected chi connectivity index (χ4v) is 6.37. The minimum atomic E-state index is -3.81. The molecule has 0 atom stereocenters. The van der Waals surface area contributed by atoms with E-state index in [2.05, 4.69) is 20.9 Å². The molecule has 0 radical (unpaired) electrons. The SMILES string of the molecule is C#Cc1ccc2[nH]c(S(=O)(=O)N3CCN(C(=O)c4nc5c(c[n+]4[O-])-c4ccncc4CC5)CC3)cc2c1. The molecule has 6 rings (SSSR count). The average molecular weight is 515 g/mol. The molecule has 186 valence electrons. The summed E-state index contributed by atoms with van der Waals surface area (Å²) in [5, 5.41) is 13.6. The Bertz CT molecular complexity index is 1710. The van der Waals surface area contributed by atoms with Gasteiger partial charge in [-0.05, 0) is 52.9 Å². The molecule has 1 fully saturated rings. The van der Waals surface area contributed by atoms with Crippen molar-refractivity contribution in [1.29, 1.82) is 0 Å². The monoisotopic (exact) mass is 514 g/mol. The van der Waals surface area contributed by atoms with Crippen molar-refractivity contribution in [1.82, 2.24) is 24.2 Å². The summed E-state index contributed by atoms with van der Waals surface area (Å²) in [5.74, 6) is 1.83. The highest BCUT2D eigenvalue weighted by molar-refractivity contribution is 7.89. The number of rotatable bonds is 3. The zero-order chi connectivity index (χ0) is 25.7. The molecule has 1 amide bonds. The van der Waals surface area contributed by atoms with Crippen molar-refractivity contribution < 1.29 is 17.9 Å². The largest absolute Gasteiger partial charge is 0.710 e. The minimum absolute atomic E-state index is 0.0701. The second kappa shape index (κ2) is 8.69. The number of hydrogen-bond acceptors (Lipinski definition) is 6. The van der Waals surface area contributed by atoms with Crippen LogP contribution < -0.4 is 4.73 Å². The lowest BCUT2D eigenvalue weighted by Crippen LogP contribution is -2.53. The van der Waals surface area contributed by atoms with Crippen LogP contribution >= 0.6 is 0 Å². The van der Waals surface area contributed by atoms with Crippen molar-refractivity contribution in [3.63, 3.8) is 0 Å². The Kier molecular flexibility index (Phi) is 5.43. The Morgan fingerprint density at radius 1 is 1.11 bits per heavy atom. The molecule has 2 aliphatic rings. The highest BCUT2D eigenvalue weighted by Crippen LogP contribution is 2.31. The second-order valence-corrected chi connectivity index (χ2v) is 11.0. The topological polar surface area (TPSA) is 126 Å². The first-order valence-electron chi connectivity index (χ1n) is 11.8. The molecule has 10 nitrogen and oxygen atoms in total. The third-order valence-electron chi connectivity index (χ3n) is 6.93. The summed E-state index contributed by atoms with van der Waals surface area (Å²) in [5.41, 5.74) is 4.68. The summed E-state index contributed by atoms with van der Waals surface area (Å²) in [7, 11) is -3.81. The smallest absolute Gasteiger partial charge is 0.392 e. The Balaban J connectivity index is 1.20. The molecule has 1 aromatic carbocycles. The third-order valence-corrected chi connectivity index (χ3v) is 8.75. The van der Waals surface area contributed by atoms with Crippen molar-refractivity contribution in [3.8, 4) is 23.5 Å². The number of aryl methyl sites for hydroxylation is 2. The van der Waals surface area contributed by atoms with Crippen LogP contribution in [-0.2, 0) is 22.9 Å². The normalized spacial score (nSPS) is 15.7. The number of carbonyl (C=O) groups excluding carboxylic acids is 1. The van der Waals surface area contributed by atoms with E-state index in [1.54, 1.807) is 36.7 Å². The highest BCUT2D eigenvalue weighted by atomic mass is 32.2. The van der Waals surface area contributed by atoms with Gasteiger partial charge in [0.05, 0.1) is 5.56 Å². The van der Waals surface area contributed by atoms with Gasteiger partial charge in [-0.3, -0.25) is 9.78 Å². The van der Waals surface area contributed by atoms with Crippen molar-refractivity contribution >= 4 is 26.8 Å². The lowest BCUT2D eigenvalue weighted by molar-refractivity contribution is -0.611. The second-order valence-electron chi connectivity index (χ2n) is 9.06. The van der Waals surface area contributed by atoms with Crippen LogP contribution in [0.1, 0.15) is 27.4 Å². The molecule has 11 heteroatoms. The molecule has 1 aliphatic heterocycles. The van der Waals surface area contributed by atoms with Crippen molar-refractivity contribution in [2.24, 2.45) is 0 Å². The van der Waals surface area contributed by atoms with Crippen LogP contribution in [0.5, 0.6) is 0 Å².